The summed E-state index contributed by atoms with van der Waals surface area (Å²) < 4.78 is 4.40. The Morgan fingerprint density at radius 2 is 1.42 bits per heavy atom. The SMILES string of the molecule is C[n+]1ccc(-c2cc[n+](CC3CCCC3)cc2)cc1. The van der Waals surface area contributed by atoms with Crippen LogP contribution in [0.5, 0.6) is 0 Å². The predicted molar refractivity (Wildman–Crippen MR) is 75.2 cm³/mol. The summed E-state index contributed by atoms with van der Waals surface area (Å²) in [4.78, 5) is 0. The minimum Gasteiger partial charge on any atom is -0.208 e. The number of rotatable bonds is 3. The molecule has 2 nitrogen and oxygen atoms in total. The van der Waals surface area contributed by atoms with Gasteiger partial charge in [0.15, 0.2) is 31.3 Å². The van der Waals surface area contributed by atoms with Gasteiger partial charge in [0.2, 0.25) is 0 Å². The van der Waals surface area contributed by atoms with Crippen LogP contribution in [-0.2, 0) is 13.6 Å². The lowest BCUT2D eigenvalue weighted by Crippen LogP contribution is -2.35. The summed E-state index contributed by atoms with van der Waals surface area (Å²) in [6.07, 6.45) is 14.3. The monoisotopic (exact) mass is 254 g/mol. The fourth-order valence-corrected chi connectivity index (χ4v) is 2.96. The Bertz CT molecular complexity index is 522. The van der Waals surface area contributed by atoms with Crippen molar-refractivity contribution in [3.63, 3.8) is 0 Å². The summed E-state index contributed by atoms with van der Waals surface area (Å²) in [5.41, 5.74) is 2.58. The Morgan fingerprint density at radius 1 is 0.895 bits per heavy atom. The Kier molecular flexibility index (Phi) is 3.58. The molecule has 2 aromatic rings. The molecule has 0 aliphatic heterocycles. The van der Waals surface area contributed by atoms with Gasteiger partial charge in [0.25, 0.3) is 0 Å². The van der Waals surface area contributed by atoms with Crippen molar-refractivity contribution in [2.24, 2.45) is 13.0 Å². The normalized spacial score (nSPS) is 15.8. The van der Waals surface area contributed by atoms with Gasteiger partial charge in [-0.25, -0.2) is 9.13 Å². The highest BCUT2D eigenvalue weighted by Gasteiger charge is 2.19. The molecule has 1 saturated carbocycles. The van der Waals surface area contributed by atoms with Crippen LogP contribution in [-0.4, -0.2) is 0 Å². The summed E-state index contributed by atoms with van der Waals surface area (Å²) >= 11 is 0. The van der Waals surface area contributed by atoms with Crippen molar-refractivity contribution in [2.45, 2.75) is 32.2 Å². The molecule has 1 aliphatic rings. The second kappa shape index (κ2) is 5.52. The van der Waals surface area contributed by atoms with Gasteiger partial charge in [-0.15, -0.1) is 0 Å². The van der Waals surface area contributed by atoms with E-state index in [-0.39, 0.29) is 0 Å². The van der Waals surface area contributed by atoms with Crippen LogP contribution >= 0.6 is 0 Å². The topological polar surface area (TPSA) is 7.76 Å². The Labute approximate surface area is 115 Å². The third-order valence-electron chi connectivity index (χ3n) is 4.15. The fraction of sp³-hybridized carbons (Fsp3) is 0.412. The highest BCUT2D eigenvalue weighted by Crippen LogP contribution is 2.24. The molecule has 0 bridgehead atoms. The Balaban J connectivity index is 1.72. The molecule has 2 aromatic heterocycles. The molecule has 1 aliphatic carbocycles. The number of pyridine rings is 2. The molecule has 0 amide bonds. The predicted octanol–water partition coefficient (Wildman–Crippen LogP) is 2.66. The van der Waals surface area contributed by atoms with Gasteiger partial charge in [-0.05, 0) is 24.0 Å². The molecule has 1 fully saturated rings. The van der Waals surface area contributed by atoms with Crippen LogP contribution < -0.4 is 9.13 Å². The third kappa shape index (κ3) is 3.01. The maximum absolute atomic E-state index is 2.34. The standard InChI is InChI=1S/C17H22N2/c1-18-10-6-16(7-11-18)17-8-12-19(13-9-17)14-15-4-2-3-5-15/h6-13,15H,2-5,14H2,1H3/q+2. The maximum atomic E-state index is 2.34. The van der Waals surface area contributed by atoms with Crippen LogP contribution in [0.2, 0.25) is 0 Å². The molecule has 0 aromatic carbocycles. The maximum Gasteiger partial charge on any atom is 0.169 e. The number of hydrogen-bond acceptors (Lipinski definition) is 0. The van der Waals surface area contributed by atoms with Crippen molar-refractivity contribution in [1.29, 1.82) is 0 Å². The molecule has 2 heterocycles. The van der Waals surface area contributed by atoms with E-state index in [2.05, 4.69) is 58.2 Å². The first-order valence-corrected chi connectivity index (χ1v) is 7.26. The number of aryl methyl sites for hydroxylation is 1. The summed E-state index contributed by atoms with van der Waals surface area (Å²) in [6, 6.07) is 8.78. The van der Waals surface area contributed by atoms with E-state index in [0.717, 1.165) is 5.92 Å². The minimum atomic E-state index is 0.895. The van der Waals surface area contributed by atoms with Crippen LogP contribution in [0.25, 0.3) is 11.1 Å². The number of hydrogen-bond donors (Lipinski definition) is 0. The van der Waals surface area contributed by atoms with E-state index in [0.29, 0.717) is 0 Å². The first-order chi connectivity index (χ1) is 9.31. The number of nitrogens with zero attached hydrogens (tertiary/aromatic N) is 2. The van der Waals surface area contributed by atoms with Crippen molar-refractivity contribution in [1.82, 2.24) is 0 Å². The fourth-order valence-electron chi connectivity index (χ4n) is 2.96. The van der Waals surface area contributed by atoms with Crippen molar-refractivity contribution in [3.8, 4) is 11.1 Å². The zero-order chi connectivity index (χ0) is 13.1. The van der Waals surface area contributed by atoms with E-state index in [1.165, 1.54) is 43.4 Å². The Morgan fingerprint density at radius 3 is 2.00 bits per heavy atom. The molecule has 0 saturated heterocycles. The Hall–Kier alpha value is -1.70. The van der Waals surface area contributed by atoms with Gasteiger partial charge in [0, 0.05) is 30.2 Å². The first-order valence-electron chi connectivity index (χ1n) is 7.26. The van der Waals surface area contributed by atoms with E-state index < -0.39 is 0 Å². The van der Waals surface area contributed by atoms with Gasteiger partial charge in [0.1, 0.15) is 7.05 Å². The van der Waals surface area contributed by atoms with Gasteiger partial charge in [-0.2, -0.15) is 0 Å². The second-order valence-corrected chi connectivity index (χ2v) is 5.69. The highest BCUT2D eigenvalue weighted by molar-refractivity contribution is 5.60. The molecule has 2 heteroatoms. The zero-order valence-electron chi connectivity index (χ0n) is 11.6. The van der Waals surface area contributed by atoms with E-state index in [1.54, 1.807) is 0 Å². The summed E-state index contributed by atoms with van der Waals surface area (Å²) in [5, 5.41) is 0. The largest absolute Gasteiger partial charge is 0.208 e. The lowest BCUT2D eigenvalue weighted by Gasteiger charge is -2.05. The average molecular weight is 254 g/mol. The third-order valence-corrected chi connectivity index (χ3v) is 4.15. The molecule has 0 unspecified atom stereocenters. The average Bonchev–Trinajstić information content (AvgIpc) is 2.94. The second-order valence-electron chi connectivity index (χ2n) is 5.69. The zero-order valence-corrected chi connectivity index (χ0v) is 11.6. The van der Waals surface area contributed by atoms with Gasteiger partial charge >= 0.3 is 0 Å². The lowest BCUT2D eigenvalue weighted by atomic mass is 10.1. The van der Waals surface area contributed by atoms with Crippen molar-refractivity contribution in [3.05, 3.63) is 49.1 Å². The molecule has 98 valence electrons. The van der Waals surface area contributed by atoms with Gasteiger partial charge in [-0.3, -0.25) is 0 Å². The summed E-state index contributed by atoms with van der Waals surface area (Å²) in [6.45, 7) is 1.18. The molecular formula is C17H22N2+2. The van der Waals surface area contributed by atoms with E-state index in [1.807, 2.05) is 7.05 Å². The van der Waals surface area contributed by atoms with Crippen molar-refractivity contribution >= 4 is 0 Å². The van der Waals surface area contributed by atoms with Crippen LogP contribution in [0.1, 0.15) is 25.7 Å². The van der Waals surface area contributed by atoms with E-state index >= 15 is 0 Å². The van der Waals surface area contributed by atoms with Crippen LogP contribution in [0.4, 0.5) is 0 Å². The van der Waals surface area contributed by atoms with Gasteiger partial charge in [-0.1, -0.05) is 12.8 Å². The van der Waals surface area contributed by atoms with E-state index in [4.69, 9.17) is 0 Å². The molecule has 0 N–H and O–H groups in total. The molecule has 0 spiro atoms. The molecule has 0 radical (unpaired) electrons. The van der Waals surface area contributed by atoms with Gasteiger partial charge < -0.3 is 0 Å². The van der Waals surface area contributed by atoms with Gasteiger partial charge in [0.05, 0.1) is 0 Å². The number of aromatic nitrogens is 2. The summed E-state index contributed by atoms with van der Waals surface area (Å²) in [5.74, 6) is 0.895. The minimum absolute atomic E-state index is 0.895. The van der Waals surface area contributed by atoms with Crippen LogP contribution in [0, 0.1) is 5.92 Å². The highest BCUT2D eigenvalue weighted by atomic mass is 14.9. The van der Waals surface area contributed by atoms with Crippen molar-refractivity contribution < 1.29 is 9.13 Å². The smallest absolute Gasteiger partial charge is 0.169 e. The van der Waals surface area contributed by atoms with E-state index in [9.17, 15) is 0 Å². The summed E-state index contributed by atoms with van der Waals surface area (Å²) in [7, 11) is 2.05. The first kappa shape index (κ1) is 12.3. The van der Waals surface area contributed by atoms with Crippen LogP contribution in [0.3, 0.4) is 0 Å². The quantitative estimate of drug-likeness (QED) is 0.744. The molecule has 19 heavy (non-hydrogen) atoms. The lowest BCUT2D eigenvalue weighted by molar-refractivity contribution is -0.703. The molecule has 0 atom stereocenters. The van der Waals surface area contributed by atoms with Crippen molar-refractivity contribution in [2.75, 3.05) is 0 Å². The molecular weight excluding hydrogens is 232 g/mol. The van der Waals surface area contributed by atoms with Crippen LogP contribution in [0.15, 0.2) is 49.1 Å². The molecule has 3 rings (SSSR count).